The van der Waals surface area contributed by atoms with Crippen molar-refractivity contribution in [3.8, 4) is 74.4 Å². The lowest BCUT2D eigenvalue weighted by molar-refractivity contribution is 0.169. The standard InChI is InChI=1S/C41H46N2O10/c1-43-12-10-23-26(18-34(47-5)39-38(23)51-20-52-39)28(43)14-22-16-33(31(46-4)19-29(22)44-2)53-32-15-21-13-27-35-24(9-11-42-27)37(48-6)41(50-8)40(49-7)36(35)25(21)17-30(32)45-3/h15-19,27-28,42H,9-14,20H2,1-8H3. The predicted octanol–water partition coefficient (Wildman–Crippen LogP) is 6.45. The third-order valence-corrected chi connectivity index (χ3v) is 11.1. The smallest absolute Gasteiger partial charge is 0.231 e. The molecule has 3 aliphatic heterocycles. The summed E-state index contributed by atoms with van der Waals surface area (Å²) in [6.07, 6.45) is 3.04. The number of nitrogens with zero attached hydrogens (tertiary/aromatic N) is 1. The molecule has 1 aliphatic carbocycles. The van der Waals surface area contributed by atoms with Crippen LogP contribution in [-0.4, -0.2) is 81.6 Å². The Morgan fingerprint density at radius 3 is 2.09 bits per heavy atom. The topological polar surface area (TPSA) is 108 Å². The molecule has 4 aliphatic rings. The van der Waals surface area contributed by atoms with Crippen LogP contribution in [0.15, 0.2) is 30.3 Å². The molecule has 12 heteroatoms. The van der Waals surface area contributed by atoms with Crippen LogP contribution in [0.2, 0.25) is 0 Å². The summed E-state index contributed by atoms with van der Waals surface area (Å²) >= 11 is 0. The summed E-state index contributed by atoms with van der Waals surface area (Å²) in [6.45, 7) is 1.86. The fraction of sp³-hybridized carbons (Fsp3) is 0.415. The van der Waals surface area contributed by atoms with Gasteiger partial charge in [-0.3, -0.25) is 4.90 Å². The van der Waals surface area contributed by atoms with Gasteiger partial charge in [0.2, 0.25) is 18.3 Å². The largest absolute Gasteiger partial charge is 0.496 e. The van der Waals surface area contributed by atoms with Crippen LogP contribution in [0.25, 0.3) is 11.1 Å². The number of hydrogen-bond acceptors (Lipinski definition) is 12. The second kappa shape index (κ2) is 14.0. The molecule has 53 heavy (non-hydrogen) atoms. The van der Waals surface area contributed by atoms with Crippen molar-refractivity contribution in [2.75, 3.05) is 76.7 Å². The molecule has 3 heterocycles. The van der Waals surface area contributed by atoms with Gasteiger partial charge in [0, 0.05) is 41.4 Å². The minimum absolute atomic E-state index is 0.00845. The quantitative estimate of drug-likeness (QED) is 0.184. The van der Waals surface area contributed by atoms with E-state index < -0.39 is 0 Å². The van der Waals surface area contributed by atoms with Crippen LogP contribution in [0.1, 0.15) is 45.5 Å². The van der Waals surface area contributed by atoms with Crippen molar-refractivity contribution in [2.45, 2.75) is 37.8 Å². The Hall–Kier alpha value is -5.20. The second-order valence-electron chi connectivity index (χ2n) is 13.6. The molecule has 4 aromatic carbocycles. The Morgan fingerprint density at radius 1 is 0.679 bits per heavy atom. The molecular weight excluding hydrogens is 680 g/mol. The van der Waals surface area contributed by atoms with E-state index >= 15 is 0 Å². The number of nitrogens with one attached hydrogen (secondary N) is 1. The third-order valence-electron chi connectivity index (χ3n) is 11.1. The molecule has 0 saturated heterocycles. The average Bonchev–Trinajstić information content (AvgIpc) is 3.68. The predicted molar refractivity (Wildman–Crippen MR) is 198 cm³/mol. The number of hydrogen-bond donors (Lipinski definition) is 1. The Labute approximate surface area is 309 Å². The number of ether oxygens (including phenoxy) is 10. The maximum absolute atomic E-state index is 6.77. The summed E-state index contributed by atoms with van der Waals surface area (Å²) in [5.74, 6) is 6.97. The van der Waals surface area contributed by atoms with Crippen LogP contribution in [0.4, 0.5) is 0 Å². The molecule has 280 valence electrons. The molecule has 4 aromatic rings. The first-order chi connectivity index (χ1) is 25.9. The fourth-order valence-electron chi connectivity index (χ4n) is 8.62. The first-order valence-electron chi connectivity index (χ1n) is 17.8. The molecular formula is C41H46N2O10. The summed E-state index contributed by atoms with van der Waals surface area (Å²) in [7, 11) is 13.7. The van der Waals surface area contributed by atoms with Gasteiger partial charge in [0.15, 0.2) is 46.0 Å². The highest BCUT2D eigenvalue weighted by Crippen LogP contribution is 2.57. The van der Waals surface area contributed by atoms with E-state index in [4.69, 9.17) is 47.4 Å². The molecule has 0 aromatic heterocycles. The maximum atomic E-state index is 6.77. The molecule has 0 spiro atoms. The monoisotopic (exact) mass is 726 g/mol. The highest BCUT2D eigenvalue weighted by molar-refractivity contribution is 5.87. The van der Waals surface area contributed by atoms with Crippen molar-refractivity contribution >= 4 is 0 Å². The highest BCUT2D eigenvalue weighted by atomic mass is 16.7. The summed E-state index contributed by atoms with van der Waals surface area (Å²) in [4.78, 5) is 2.35. The van der Waals surface area contributed by atoms with Gasteiger partial charge in [-0.25, -0.2) is 0 Å². The van der Waals surface area contributed by atoms with Gasteiger partial charge in [-0.15, -0.1) is 0 Å². The van der Waals surface area contributed by atoms with Gasteiger partial charge in [-0.1, -0.05) is 0 Å². The van der Waals surface area contributed by atoms with E-state index in [1.165, 1.54) is 5.56 Å². The van der Waals surface area contributed by atoms with Crippen molar-refractivity contribution in [1.82, 2.24) is 10.2 Å². The van der Waals surface area contributed by atoms with Crippen molar-refractivity contribution in [1.29, 1.82) is 0 Å². The number of methoxy groups -OCH3 is 7. The SMILES string of the molecule is COc1cc(OC)c(Oc2cc3c(cc2OC)-c2c(OC)c(OC)c(OC)c4c2C(C3)NCC4)cc1CC1c2cc(OC)c3c(c2CCN1C)OCO3. The van der Waals surface area contributed by atoms with Gasteiger partial charge < -0.3 is 52.7 Å². The summed E-state index contributed by atoms with van der Waals surface area (Å²) < 4.78 is 59.9. The van der Waals surface area contributed by atoms with E-state index in [1.807, 2.05) is 18.2 Å². The number of benzene rings is 4. The van der Waals surface area contributed by atoms with Crippen molar-refractivity contribution in [3.05, 3.63) is 63.7 Å². The van der Waals surface area contributed by atoms with Crippen LogP contribution in [-0.2, 0) is 25.7 Å². The molecule has 2 unspecified atom stereocenters. The van der Waals surface area contributed by atoms with Crippen molar-refractivity contribution < 1.29 is 47.4 Å². The van der Waals surface area contributed by atoms with Gasteiger partial charge in [0.05, 0.1) is 49.8 Å². The molecule has 0 bridgehead atoms. The first-order valence-corrected chi connectivity index (χ1v) is 17.8. The van der Waals surface area contributed by atoms with Crippen LogP contribution in [0.5, 0.6) is 63.2 Å². The van der Waals surface area contributed by atoms with Crippen LogP contribution in [0, 0.1) is 0 Å². The molecule has 8 rings (SSSR count). The zero-order valence-corrected chi connectivity index (χ0v) is 31.5. The van der Waals surface area contributed by atoms with E-state index in [2.05, 4.69) is 29.4 Å². The second-order valence-corrected chi connectivity index (χ2v) is 13.6. The van der Waals surface area contributed by atoms with E-state index in [9.17, 15) is 0 Å². The summed E-state index contributed by atoms with van der Waals surface area (Å²) in [6, 6.07) is 10.1. The summed E-state index contributed by atoms with van der Waals surface area (Å²) in [5.41, 5.74) is 8.62. The normalized spacial score (nSPS) is 18.0. The van der Waals surface area contributed by atoms with Crippen LogP contribution < -0.4 is 52.7 Å². The highest BCUT2D eigenvalue weighted by Gasteiger charge is 2.38. The lowest BCUT2D eigenvalue weighted by Crippen LogP contribution is -2.34. The molecule has 0 amide bonds. The van der Waals surface area contributed by atoms with E-state index in [0.717, 1.165) is 82.8 Å². The molecule has 0 fully saturated rings. The molecule has 2 atom stereocenters. The van der Waals surface area contributed by atoms with Gasteiger partial charge in [0.25, 0.3) is 0 Å². The average molecular weight is 727 g/mol. The van der Waals surface area contributed by atoms with E-state index in [-0.39, 0.29) is 18.9 Å². The maximum Gasteiger partial charge on any atom is 0.231 e. The van der Waals surface area contributed by atoms with Gasteiger partial charge >= 0.3 is 0 Å². The fourth-order valence-corrected chi connectivity index (χ4v) is 8.62. The molecule has 1 N–H and O–H groups in total. The molecule has 0 saturated carbocycles. The van der Waals surface area contributed by atoms with E-state index in [1.54, 1.807) is 49.8 Å². The minimum Gasteiger partial charge on any atom is -0.496 e. The number of rotatable bonds is 11. The Morgan fingerprint density at radius 2 is 1.38 bits per heavy atom. The van der Waals surface area contributed by atoms with Crippen LogP contribution in [0.3, 0.4) is 0 Å². The van der Waals surface area contributed by atoms with Crippen molar-refractivity contribution in [3.63, 3.8) is 0 Å². The van der Waals surface area contributed by atoms with Crippen molar-refractivity contribution in [2.24, 2.45) is 0 Å². The number of fused-ring (bicyclic) bond motifs is 5. The van der Waals surface area contributed by atoms with E-state index in [0.29, 0.717) is 58.2 Å². The minimum atomic E-state index is 0.00845. The third kappa shape index (κ3) is 5.58. The first kappa shape index (κ1) is 34.9. The van der Waals surface area contributed by atoms with Gasteiger partial charge in [-0.2, -0.15) is 0 Å². The lowest BCUT2D eigenvalue weighted by Gasteiger charge is -2.37. The van der Waals surface area contributed by atoms with Gasteiger partial charge in [-0.05, 0) is 91.4 Å². The lowest BCUT2D eigenvalue weighted by atomic mass is 9.76. The van der Waals surface area contributed by atoms with Crippen LogP contribution >= 0.6 is 0 Å². The molecule has 12 nitrogen and oxygen atoms in total. The summed E-state index contributed by atoms with van der Waals surface area (Å²) in [5, 5.41) is 3.72. The molecule has 0 radical (unpaired) electrons. The Balaban J connectivity index is 1.20. The number of likely N-dealkylation sites (N-methyl/N-ethyl adjacent to an activating group) is 1. The zero-order chi connectivity index (χ0) is 37.0. The van der Waals surface area contributed by atoms with Gasteiger partial charge in [0.1, 0.15) is 5.75 Å². The Bertz CT molecular complexity index is 2080. The zero-order valence-electron chi connectivity index (χ0n) is 31.5. The Kier molecular flexibility index (Phi) is 9.20.